The number of aliphatic hydroxyl groups is 1. The molecule has 1 aromatic rings. The number of amides is 9. The van der Waals surface area contributed by atoms with Crippen molar-refractivity contribution >= 4 is 53.2 Å². The summed E-state index contributed by atoms with van der Waals surface area (Å²) in [5.41, 5.74) is 18.5. The van der Waals surface area contributed by atoms with Gasteiger partial charge in [-0.25, -0.2) is 0 Å². The molecule has 1 fully saturated rings. The molecule has 22 nitrogen and oxygen atoms in total. The minimum absolute atomic E-state index is 0.0245. The average Bonchev–Trinajstić information content (AvgIpc) is 3.33. The highest BCUT2D eigenvalue weighted by Crippen LogP contribution is 2.13. The van der Waals surface area contributed by atoms with Crippen molar-refractivity contribution in [3.05, 3.63) is 35.9 Å². The molecule has 73 heavy (non-hydrogen) atoms. The fourth-order valence-electron chi connectivity index (χ4n) is 8.26. The maximum atomic E-state index is 14.4. The summed E-state index contributed by atoms with van der Waals surface area (Å²) in [4.78, 5) is 125. The molecule has 1 aliphatic heterocycles. The second-order valence-electron chi connectivity index (χ2n) is 19.9. The Balaban J connectivity index is 2.63. The van der Waals surface area contributed by atoms with Crippen molar-refractivity contribution in [2.24, 2.45) is 29.0 Å². The molecule has 22 heteroatoms. The molecule has 412 valence electrons. The van der Waals surface area contributed by atoms with Gasteiger partial charge in [0.25, 0.3) is 0 Å². The van der Waals surface area contributed by atoms with Gasteiger partial charge in [0, 0.05) is 6.54 Å². The van der Waals surface area contributed by atoms with Crippen molar-refractivity contribution in [3.8, 4) is 0 Å². The summed E-state index contributed by atoms with van der Waals surface area (Å²) >= 11 is 0. The van der Waals surface area contributed by atoms with Crippen LogP contribution in [0.5, 0.6) is 0 Å². The van der Waals surface area contributed by atoms with Gasteiger partial charge < -0.3 is 70.2 Å². The standard InChI is InChI=1S/C51H88N12O10/c1-7-8-9-10-14-17-35(64)30-43(65)57-37(20-24-52)47(69)61-40-23-27-55-45(67)41(28-31(2)3)62-49(71)38(21-25-53)58-44(66)33(6)56-51(73)42(29-32(4)5)63-46(68)36(19-18-34-15-12-11-13-16-34)59-48(70)39(22-26-54)60-50(40)72/h11-13,15-16,31-33,35-42,64H,7-10,14,17-30,52-54H2,1-6H3,(H,55,67)(H,56,73)(H,57,65)(H,58,66)(H,59,70)(H,60,72)(H,61,69)(H,62,71)(H,63,68)/t33-,35+,36+,37+,38-,39-,40-,41-,42?/m0/s1. The number of nitrogens with one attached hydrogen (secondary N) is 9. The van der Waals surface area contributed by atoms with Gasteiger partial charge in [-0.3, -0.25) is 43.2 Å². The number of nitrogens with two attached hydrogens (primary N) is 3. The number of hydrogen-bond donors (Lipinski definition) is 13. The van der Waals surface area contributed by atoms with Crippen molar-refractivity contribution in [2.45, 2.75) is 192 Å². The van der Waals surface area contributed by atoms with Crippen LogP contribution in [0, 0.1) is 11.8 Å². The molecular weight excluding hydrogens is 941 g/mol. The number of hydrogen-bond acceptors (Lipinski definition) is 13. The minimum atomic E-state index is -1.45. The Morgan fingerprint density at radius 2 is 1.14 bits per heavy atom. The first-order valence-corrected chi connectivity index (χ1v) is 26.2. The van der Waals surface area contributed by atoms with E-state index < -0.39 is 108 Å². The molecule has 2 rings (SSSR count). The van der Waals surface area contributed by atoms with Crippen LogP contribution in [-0.2, 0) is 49.6 Å². The summed E-state index contributed by atoms with van der Waals surface area (Å²) in [5.74, 6) is -6.83. The second-order valence-corrected chi connectivity index (χ2v) is 19.9. The van der Waals surface area contributed by atoms with Crippen molar-refractivity contribution in [1.82, 2.24) is 47.9 Å². The van der Waals surface area contributed by atoms with E-state index >= 15 is 0 Å². The summed E-state index contributed by atoms with van der Waals surface area (Å²) in [5, 5.41) is 34.7. The maximum absolute atomic E-state index is 14.4. The van der Waals surface area contributed by atoms with Crippen LogP contribution in [0.1, 0.15) is 137 Å². The molecule has 0 aliphatic carbocycles. The highest BCUT2D eigenvalue weighted by atomic mass is 16.3. The summed E-state index contributed by atoms with van der Waals surface area (Å²) in [6.45, 7) is 10.5. The van der Waals surface area contributed by atoms with Gasteiger partial charge in [-0.1, -0.05) is 97.1 Å². The van der Waals surface area contributed by atoms with Crippen LogP contribution in [0.4, 0.5) is 0 Å². The zero-order chi connectivity index (χ0) is 54.5. The Kier molecular flexibility index (Phi) is 30.1. The molecule has 1 aromatic carbocycles. The van der Waals surface area contributed by atoms with Crippen molar-refractivity contribution in [2.75, 3.05) is 26.2 Å². The summed E-state index contributed by atoms with van der Waals surface area (Å²) in [6, 6.07) is -0.849. The maximum Gasteiger partial charge on any atom is 0.243 e. The van der Waals surface area contributed by atoms with E-state index in [4.69, 9.17) is 17.2 Å². The highest BCUT2D eigenvalue weighted by Gasteiger charge is 2.35. The quantitative estimate of drug-likeness (QED) is 0.0570. The van der Waals surface area contributed by atoms with E-state index in [0.717, 1.165) is 37.7 Å². The SMILES string of the molecule is CCCCCCC[C@@H](O)CC(=O)N[C@H](CCN)C(=O)N[C@H]1CCNC(=O)[C@H](CC(C)C)NC(=O)[C@H](CCN)NC(=O)[C@H](C)NC(=O)C(CC(C)C)NC(=O)[C@@H](CCc2ccccc2)NC(=O)[C@H](CCN)NC1=O. The van der Waals surface area contributed by atoms with Gasteiger partial charge in [0.15, 0.2) is 0 Å². The summed E-state index contributed by atoms with van der Waals surface area (Å²) in [6.07, 6.45) is 4.21. The first kappa shape index (κ1) is 63.4. The number of carbonyl (C=O) groups excluding carboxylic acids is 9. The van der Waals surface area contributed by atoms with E-state index in [-0.39, 0.29) is 89.4 Å². The van der Waals surface area contributed by atoms with E-state index in [1.807, 2.05) is 58.0 Å². The first-order chi connectivity index (χ1) is 34.7. The van der Waals surface area contributed by atoms with Gasteiger partial charge in [0.1, 0.15) is 48.3 Å². The predicted octanol–water partition coefficient (Wildman–Crippen LogP) is -0.713. The van der Waals surface area contributed by atoms with Crippen LogP contribution in [0.25, 0.3) is 0 Å². The fourth-order valence-corrected chi connectivity index (χ4v) is 8.26. The van der Waals surface area contributed by atoms with Crippen LogP contribution in [-0.4, -0.2) is 139 Å². The van der Waals surface area contributed by atoms with Crippen LogP contribution >= 0.6 is 0 Å². The van der Waals surface area contributed by atoms with Crippen molar-refractivity contribution in [1.29, 1.82) is 0 Å². The highest BCUT2D eigenvalue weighted by molar-refractivity contribution is 5.98. The van der Waals surface area contributed by atoms with Crippen LogP contribution < -0.4 is 65.1 Å². The molecule has 0 aromatic heterocycles. The monoisotopic (exact) mass is 1030 g/mol. The van der Waals surface area contributed by atoms with Crippen LogP contribution in [0.15, 0.2) is 30.3 Å². The molecule has 0 saturated carbocycles. The molecule has 16 N–H and O–H groups in total. The number of rotatable bonds is 24. The molecule has 0 bridgehead atoms. The fraction of sp³-hybridized carbons (Fsp3) is 0.706. The number of unbranched alkanes of at least 4 members (excludes halogenated alkanes) is 4. The van der Waals surface area contributed by atoms with Crippen LogP contribution in [0.2, 0.25) is 0 Å². The van der Waals surface area contributed by atoms with Crippen LogP contribution in [0.3, 0.4) is 0 Å². The Morgan fingerprint density at radius 1 is 0.630 bits per heavy atom. The third-order valence-corrected chi connectivity index (χ3v) is 12.3. The zero-order valence-electron chi connectivity index (χ0n) is 44.0. The minimum Gasteiger partial charge on any atom is -0.393 e. The van der Waals surface area contributed by atoms with E-state index in [1.165, 1.54) is 6.92 Å². The lowest BCUT2D eigenvalue weighted by Gasteiger charge is -2.28. The molecule has 1 aliphatic rings. The number of aliphatic hydroxyl groups excluding tert-OH is 1. The Labute approximate surface area is 431 Å². The largest absolute Gasteiger partial charge is 0.393 e. The smallest absolute Gasteiger partial charge is 0.243 e. The molecule has 0 radical (unpaired) electrons. The van der Waals surface area contributed by atoms with E-state index in [1.54, 1.807) is 0 Å². The Bertz CT molecular complexity index is 1910. The Morgan fingerprint density at radius 3 is 1.68 bits per heavy atom. The predicted molar refractivity (Wildman–Crippen MR) is 277 cm³/mol. The summed E-state index contributed by atoms with van der Waals surface area (Å²) in [7, 11) is 0. The lowest BCUT2D eigenvalue weighted by Crippen LogP contribution is -2.60. The third kappa shape index (κ3) is 24.7. The van der Waals surface area contributed by atoms with Gasteiger partial charge >= 0.3 is 0 Å². The summed E-state index contributed by atoms with van der Waals surface area (Å²) < 4.78 is 0. The second kappa shape index (κ2) is 34.7. The molecule has 9 atom stereocenters. The first-order valence-electron chi connectivity index (χ1n) is 26.2. The number of aryl methyl sites for hydroxylation is 1. The number of carbonyl (C=O) groups is 9. The van der Waals surface area contributed by atoms with Gasteiger partial charge in [-0.15, -0.1) is 0 Å². The van der Waals surface area contributed by atoms with E-state index in [0.29, 0.717) is 12.8 Å². The number of benzene rings is 1. The Hall–Kier alpha value is -5.71. The van der Waals surface area contributed by atoms with E-state index in [2.05, 4.69) is 54.8 Å². The lowest BCUT2D eigenvalue weighted by atomic mass is 10.0. The lowest BCUT2D eigenvalue weighted by molar-refractivity contribution is -0.136. The molecule has 0 spiro atoms. The van der Waals surface area contributed by atoms with E-state index in [9.17, 15) is 48.3 Å². The molecular formula is C51H88N12O10. The molecule has 1 saturated heterocycles. The van der Waals surface area contributed by atoms with Gasteiger partial charge in [0.2, 0.25) is 53.2 Å². The molecule has 1 heterocycles. The van der Waals surface area contributed by atoms with Crippen molar-refractivity contribution < 1.29 is 48.3 Å². The van der Waals surface area contributed by atoms with Crippen molar-refractivity contribution in [3.63, 3.8) is 0 Å². The van der Waals surface area contributed by atoms with Gasteiger partial charge in [0.05, 0.1) is 12.5 Å². The van der Waals surface area contributed by atoms with Gasteiger partial charge in [-0.2, -0.15) is 0 Å². The normalized spacial score (nSPS) is 23.2. The zero-order valence-corrected chi connectivity index (χ0v) is 44.0. The topological polar surface area (TPSA) is 360 Å². The molecule has 9 amide bonds. The molecule has 1 unspecified atom stereocenters. The third-order valence-electron chi connectivity index (χ3n) is 12.3. The average molecular weight is 1030 g/mol. The van der Waals surface area contributed by atoms with Gasteiger partial charge in [-0.05, 0) is 102 Å².